The van der Waals surface area contributed by atoms with Crippen molar-refractivity contribution >= 4 is 22.9 Å². The Balaban J connectivity index is 2.17. The molecule has 0 aliphatic carbocycles. The van der Waals surface area contributed by atoms with Crippen LogP contribution in [-0.2, 0) is 11.2 Å². The Labute approximate surface area is 128 Å². The molecule has 0 amide bonds. The summed E-state index contributed by atoms with van der Waals surface area (Å²) in [4.78, 5) is 1.19. The van der Waals surface area contributed by atoms with Crippen LogP contribution in [0.2, 0.25) is 4.34 Å². The highest BCUT2D eigenvalue weighted by Gasteiger charge is 2.23. The minimum Gasteiger partial charge on any atom is -0.372 e. The summed E-state index contributed by atoms with van der Waals surface area (Å²) < 4.78 is 6.68. The van der Waals surface area contributed by atoms with E-state index in [-0.39, 0.29) is 12.1 Å². The number of halogens is 1. The second kappa shape index (κ2) is 7.76. The van der Waals surface area contributed by atoms with E-state index in [1.165, 1.54) is 4.88 Å². The van der Waals surface area contributed by atoms with Gasteiger partial charge in [-0.1, -0.05) is 41.9 Å². The van der Waals surface area contributed by atoms with Gasteiger partial charge in [-0.25, -0.2) is 0 Å². The zero-order valence-corrected chi connectivity index (χ0v) is 13.0. The van der Waals surface area contributed by atoms with Gasteiger partial charge in [-0.2, -0.15) is 0 Å². The first-order valence-electron chi connectivity index (χ1n) is 6.61. The van der Waals surface area contributed by atoms with E-state index < -0.39 is 0 Å². The minimum absolute atomic E-state index is 0.00654. The topological polar surface area (TPSA) is 47.3 Å². The number of nitrogens with one attached hydrogen (secondary N) is 1. The number of nitrogens with two attached hydrogens (primary N) is 1. The molecule has 5 heteroatoms. The predicted octanol–water partition coefficient (Wildman–Crippen LogP) is 3.55. The predicted molar refractivity (Wildman–Crippen MR) is 85.0 cm³/mol. The first-order valence-corrected chi connectivity index (χ1v) is 7.81. The van der Waals surface area contributed by atoms with Gasteiger partial charge in [-0.15, -0.1) is 11.3 Å². The van der Waals surface area contributed by atoms with E-state index in [9.17, 15) is 0 Å². The molecule has 0 aliphatic rings. The Bertz CT molecular complexity index is 518. The minimum atomic E-state index is -0.0768. The average Bonchev–Trinajstić information content (AvgIpc) is 2.89. The van der Waals surface area contributed by atoms with Crippen LogP contribution in [0.1, 0.15) is 23.5 Å². The molecule has 20 heavy (non-hydrogen) atoms. The highest BCUT2D eigenvalue weighted by molar-refractivity contribution is 7.16. The largest absolute Gasteiger partial charge is 0.372 e. The lowest BCUT2D eigenvalue weighted by molar-refractivity contribution is 0.0334. The lowest BCUT2D eigenvalue weighted by atomic mass is 9.99. The Hall–Kier alpha value is -0.910. The molecule has 108 valence electrons. The highest BCUT2D eigenvalue weighted by Crippen LogP contribution is 2.27. The molecule has 2 rings (SSSR count). The number of rotatable bonds is 7. The zero-order chi connectivity index (χ0) is 14.4. The molecule has 1 aromatic heterocycles. The van der Waals surface area contributed by atoms with Crippen molar-refractivity contribution in [1.82, 2.24) is 5.43 Å². The maximum absolute atomic E-state index is 5.98. The second-order valence-corrected chi connectivity index (χ2v) is 6.27. The smallest absolute Gasteiger partial charge is 0.0994 e. The number of hydrogen-bond acceptors (Lipinski definition) is 4. The monoisotopic (exact) mass is 310 g/mol. The number of benzene rings is 1. The number of hydrazine groups is 1. The molecule has 0 saturated carbocycles. The van der Waals surface area contributed by atoms with Gasteiger partial charge in [-0.05, 0) is 24.6 Å². The van der Waals surface area contributed by atoms with Crippen LogP contribution in [0.5, 0.6) is 0 Å². The molecule has 1 aromatic carbocycles. The molecule has 2 aromatic rings. The van der Waals surface area contributed by atoms with Crippen molar-refractivity contribution in [3.63, 3.8) is 0 Å². The normalized spacial score (nSPS) is 14.2. The van der Waals surface area contributed by atoms with Gasteiger partial charge in [0.05, 0.1) is 16.5 Å². The van der Waals surface area contributed by atoms with Crippen molar-refractivity contribution in [3.05, 3.63) is 57.2 Å². The maximum Gasteiger partial charge on any atom is 0.0994 e. The molecule has 0 spiro atoms. The standard InChI is InChI=1S/C15H19ClN2OS/c1-2-19-15(11-6-4-3-5-7-11)13(18-17)10-12-8-9-14(16)20-12/h3-9,13,15,18H,2,10,17H2,1H3. The third-order valence-electron chi connectivity index (χ3n) is 3.10. The van der Waals surface area contributed by atoms with E-state index in [0.717, 1.165) is 16.3 Å². The molecular formula is C15H19ClN2OS. The van der Waals surface area contributed by atoms with Gasteiger partial charge in [0, 0.05) is 17.9 Å². The summed E-state index contributed by atoms with van der Waals surface area (Å²) in [7, 11) is 0. The van der Waals surface area contributed by atoms with E-state index in [1.54, 1.807) is 11.3 Å². The van der Waals surface area contributed by atoms with Crippen molar-refractivity contribution in [2.75, 3.05) is 6.61 Å². The van der Waals surface area contributed by atoms with E-state index in [2.05, 4.69) is 17.6 Å². The van der Waals surface area contributed by atoms with Crippen LogP contribution in [0.15, 0.2) is 42.5 Å². The van der Waals surface area contributed by atoms with Gasteiger partial charge in [0.2, 0.25) is 0 Å². The molecule has 3 N–H and O–H groups in total. The fourth-order valence-corrected chi connectivity index (χ4v) is 3.34. The zero-order valence-electron chi connectivity index (χ0n) is 11.4. The Morgan fingerprint density at radius 1 is 1.25 bits per heavy atom. The lowest BCUT2D eigenvalue weighted by Crippen LogP contribution is -2.42. The van der Waals surface area contributed by atoms with Crippen molar-refractivity contribution in [2.45, 2.75) is 25.5 Å². The maximum atomic E-state index is 5.98. The van der Waals surface area contributed by atoms with E-state index in [0.29, 0.717) is 6.61 Å². The molecule has 0 bridgehead atoms. The third-order valence-corrected chi connectivity index (χ3v) is 4.36. The molecule has 2 atom stereocenters. The summed E-state index contributed by atoms with van der Waals surface area (Å²) >= 11 is 7.56. The van der Waals surface area contributed by atoms with E-state index in [1.807, 2.05) is 37.3 Å². The van der Waals surface area contributed by atoms with Crippen LogP contribution in [0.4, 0.5) is 0 Å². The third kappa shape index (κ3) is 4.04. The Morgan fingerprint density at radius 2 is 2.00 bits per heavy atom. The molecule has 2 unspecified atom stereocenters. The van der Waals surface area contributed by atoms with Crippen LogP contribution in [0.3, 0.4) is 0 Å². The highest BCUT2D eigenvalue weighted by atomic mass is 35.5. The lowest BCUT2D eigenvalue weighted by Gasteiger charge is -2.26. The van der Waals surface area contributed by atoms with Crippen LogP contribution in [0, 0.1) is 0 Å². The fraction of sp³-hybridized carbons (Fsp3) is 0.333. The van der Waals surface area contributed by atoms with Gasteiger partial charge in [0.15, 0.2) is 0 Å². The first kappa shape index (κ1) is 15.5. The van der Waals surface area contributed by atoms with Gasteiger partial charge in [-0.3, -0.25) is 11.3 Å². The number of ether oxygens (including phenoxy) is 1. The summed E-state index contributed by atoms with van der Waals surface area (Å²) in [5.74, 6) is 5.74. The van der Waals surface area contributed by atoms with E-state index >= 15 is 0 Å². The van der Waals surface area contributed by atoms with E-state index in [4.69, 9.17) is 22.2 Å². The number of hydrogen-bond donors (Lipinski definition) is 2. The van der Waals surface area contributed by atoms with Crippen LogP contribution >= 0.6 is 22.9 Å². The summed E-state index contributed by atoms with van der Waals surface area (Å²) in [6, 6.07) is 14.1. The molecule has 0 aliphatic heterocycles. The van der Waals surface area contributed by atoms with Crippen molar-refractivity contribution in [3.8, 4) is 0 Å². The summed E-state index contributed by atoms with van der Waals surface area (Å²) in [6.07, 6.45) is 0.708. The van der Waals surface area contributed by atoms with Crippen molar-refractivity contribution < 1.29 is 4.74 Å². The Morgan fingerprint density at radius 3 is 2.55 bits per heavy atom. The molecule has 0 radical (unpaired) electrons. The van der Waals surface area contributed by atoms with Crippen LogP contribution in [-0.4, -0.2) is 12.6 Å². The summed E-state index contributed by atoms with van der Waals surface area (Å²) in [6.45, 7) is 2.63. The van der Waals surface area contributed by atoms with Crippen LogP contribution < -0.4 is 11.3 Å². The van der Waals surface area contributed by atoms with Gasteiger partial charge in [0.25, 0.3) is 0 Å². The second-order valence-electron chi connectivity index (χ2n) is 4.47. The first-order chi connectivity index (χ1) is 9.74. The molecular weight excluding hydrogens is 292 g/mol. The van der Waals surface area contributed by atoms with Gasteiger partial charge < -0.3 is 4.74 Å². The van der Waals surface area contributed by atoms with Gasteiger partial charge >= 0.3 is 0 Å². The molecule has 3 nitrogen and oxygen atoms in total. The SMILES string of the molecule is CCOC(c1ccccc1)C(Cc1ccc(Cl)s1)NN. The van der Waals surface area contributed by atoms with Crippen molar-refractivity contribution in [2.24, 2.45) is 5.84 Å². The quantitative estimate of drug-likeness (QED) is 0.607. The Kier molecular flexibility index (Phi) is 6.01. The summed E-state index contributed by atoms with van der Waals surface area (Å²) in [5, 5.41) is 0. The number of thiophene rings is 1. The molecule has 1 heterocycles. The van der Waals surface area contributed by atoms with Gasteiger partial charge in [0.1, 0.15) is 0 Å². The molecule has 0 saturated heterocycles. The van der Waals surface area contributed by atoms with Crippen molar-refractivity contribution in [1.29, 1.82) is 0 Å². The summed E-state index contributed by atoms with van der Waals surface area (Å²) in [5.41, 5.74) is 4.01. The molecule has 0 fully saturated rings. The van der Waals surface area contributed by atoms with Crippen LogP contribution in [0.25, 0.3) is 0 Å². The average molecular weight is 311 g/mol. The fourth-order valence-electron chi connectivity index (χ4n) is 2.20.